The molecule has 2 heteroatoms. The third-order valence-corrected chi connectivity index (χ3v) is 2.27. The van der Waals surface area contributed by atoms with Crippen LogP contribution in [0.25, 0.3) is 0 Å². The zero-order chi connectivity index (χ0) is 9.14. The number of hydrogen-bond acceptors (Lipinski definition) is 1. The molecule has 12 heavy (non-hydrogen) atoms. The normalized spacial score (nSPS) is 12.9. The lowest BCUT2D eigenvalue weighted by atomic mass is 10.0. The van der Waals surface area contributed by atoms with Gasteiger partial charge in [-0.1, -0.05) is 19.9 Å². The molecule has 0 aromatic carbocycles. The van der Waals surface area contributed by atoms with Gasteiger partial charge in [-0.15, -0.1) is 0 Å². The number of aromatic amines is 1. The van der Waals surface area contributed by atoms with E-state index >= 15 is 0 Å². The molecule has 0 aliphatic carbocycles. The van der Waals surface area contributed by atoms with Crippen LogP contribution in [0.15, 0.2) is 16.9 Å². The van der Waals surface area contributed by atoms with E-state index in [2.05, 4.69) is 18.8 Å². The third kappa shape index (κ3) is 1.76. The molecule has 1 aromatic rings. The van der Waals surface area contributed by atoms with Gasteiger partial charge >= 0.3 is 0 Å². The monoisotopic (exact) mass is 165 g/mol. The minimum atomic E-state index is 0.0350. The van der Waals surface area contributed by atoms with E-state index in [-0.39, 0.29) is 5.56 Å². The molecule has 1 rings (SSSR count). The van der Waals surface area contributed by atoms with E-state index in [1.165, 1.54) is 0 Å². The maximum Gasteiger partial charge on any atom is 0.251 e. The molecule has 0 bridgehead atoms. The predicted octanol–water partition coefficient (Wildman–Crippen LogP) is 2.20. The van der Waals surface area contributed by atoms with Crippen molar-refractivity contribution in [2.24, 2.45) is 0 Å². The fraction of sp³-hybridized carbons (Fsp3) is 0.500. The van der Waals surface area contributed by atoms with Crippen LogP contribution in [0, 0.1) is 6.92 Å². The second kappa shape index (κ2) is 3.57. The average Bonchev–Trinajstić information content (AvgIpc) is 2.08. The van der Waals surface area contributed by atoms with Crippen molar-refractivity contribution < 1.29 is 0 Å². The maximum atomic E-state index is 11.2. The van der Waals surface area contributed by atoms with Crippen molar-refractivity contribution in [3.8, 4) is 0 Å². The molecule has 0 spiro atoms. The minimum absolute atomic E-state index is 0.0350. The molecule has 0 aliphatic rings. The van der Waals surface area contributed by atoms with Crippen LogP contribution in [0.5, 0.6) is 0 Å². The number of pyridine rings is 1. The second-order valence-corrected chi connectivity index (χ2v) is 3.24. The smallest absolute Gasteiger partial charge is 0.251 e. The third-order valence-electron chi connectivity index (χ3n) is 2.27. The van der Waals surface area contributed by atoms with Gasteiger partial charge in [-0.3, -0.25) is 4.79 Å². The Kier molecular flexibility index (Phi) is 2.69. The molecular weight excluding hydrogens is 150 g/mol. The SMILES string of the molecule is CCC(C)c1ccc(C)c(=O)[nH]1. The largest absolute Gasteiger partial charge is 0.326 e. The van der Waals surface area contributed by atoms with E-state index in [1.807, 2.05) is 19.1 Å². The summed E-state index contributed by atoms with van der Waals surface area (Å²) < 4.78 is 0. The van der Waals surface area contributed by atoms with Crippen LogP contribution in [-0.2, 0) is 0 Å². The van der Waals surface area contributed by atoms with Crippen LogP contribution < -0.4 is 5.56 Å². The van der Waals surface area contributed by atoms with Crippen LogP contribution in [0.4, 0.5) is 0 Å². The van der Waals surface area contributed by atoms with Gasteiger partial charge in [-0.05, 0) is 25.3 Å². The molecule has 0 saturated carbocycles. The first-order valence-corrected chi connectivity index (χ1v) is 4.35. The first-order chi connectivity index (χ1) is 5.65. The highest BCUT2D eigenvalue weighted by molar-refractivity contribution is 5.15. The highest BCUT2D eigenvalue weighted by atomic mass is 16.1. The van der Waals surface area contributed by atoms with Crippen molar-refractivity contribution in [1.82, 2.24) is 4.98 Å². The summed E-state index contributed by atoms with van der Waals surface area (Å²) in [4.78, 5) is 14.1. The fourth-order valence-corrected chi connectivity index (χ4v) is 1.07. The van der Waals surface area contributed by atoms with Gasteiger partial charge in [0, 0.05) is 11.3 Å². The number of nitrogens with one attached hydrogen (secondary N) is 1. The van der Waals surface area contributed by atoms with Crippen molar-refractivity contribution in [3.63, 3.8) is 0 Å². The fourth-order valence-electron chi connectivity index (χ4n) is 1.07. The summed E-state index contributed by atoms with van der Waals surface area (Å²) in [6, 6.07) is 3.87. The first kappa shape index (κ1) is 9.04. The lowest BCUT2D eigenvalue weighted by Gasteiger charge is -2.07. The van der Waals surface area contributed by atoms with Gasteiger partial charge in [0.25, 0.3) is 5.56 Å². The summed E-state index contributed by atoms with van der Waals surface area (Å²) in [6.45, 7) is 6.04. The molecule has 0 amide bonds. The molecular formula is C10H15NO. The quantitative estimate of drug-likeness (QED) is 0.716. The Morgan fingerprint density at radius 2 is 2.17 bits per heavy atom. The van der Waals surface area contributed by atoms with Crippen molar-refractivity contribution >= 4 is 0 Å². The maximum absolute atomic E-state index is 11.2. The molecule has 66 valence electrons. The lowest BCUT2D eigenvalue weighted by molar-refractivity contribution is 0.704. The first-order valence-electron chi connectivity index (χ1n) is 4.35. The molecule has 0 aliphatic heterocycles. The standard InChI is InChI=1S/C10H15NO/c1-4-7(2)9-6-5-8(3)10(12)11-9/h5-7H,4H2,1-3H3,(H,11,12). The summed E-state index contributed by atoms with van der Waals surface area (Å²) in [6.07, 6.45) is 1.05. The molecule has 0 radical (unpaired) electrons. The van der Waals surface area contributed by atoms with Crippen molar-refractivity contribution in [3.05, 3.63) is 33.7 Å². The van der Waals surface area contributed by atoms with Crippen LogP contribution in [-0.4, -0.2) is 4.98 Å². The van der Waals surface area contributed by atoms with Crippen molar-refractivity contribution in [2.75, 3.05) is 0 Å². The zero-order valence-corrected chi connectivity index (χ0v) is 7.85. The number of aryl methyl sites for hydroxylation is 1. The van der Waals surface area contributed by atoms with Gasteiger partial charge < -0.3 is 4.98 Å². The Morgan fingerprint density at radius 3 is 2.67 bits per heavy atom. The van der Waals surface area contributed by atoms with Crippen LogP contribution in [0.2, 0.25) is 0 Å². The average molecular weight is 165 g/mol. The van der Waals surface area contributed by atoms with E-state index in [1.54, 1.807) is 0 Å². The van der Waals surface area contributed by atoms with Crippen molar-refractivity contribution in [2.45, 2.75) is 33.1 Å². The van der Waals surface area contributed by atoms with E-state index in [0.717, 1.165) is 17.7 Å². The molecule has 1 heterocycles. The zero-order valence-electron chi connectivity index (χ0n) is 7.85. The van der Waals surface area contributed by atoms with E-state index in [9.17, 15) is 4.79 Å². The molecule has 2 nitrogen and oxygen atoms in total. The van der Waals surface area contributed by atoms with Crippen LogP contribution >= 0.6 is 0 Å². The molecule has 1 aromatic heterocycles. The van der Waals surface area contributed by atoms with Gasteiger partial charge in [-0.25, -0.2) is 0 Å². The van der Waals surface area contributed by atoms with Gasteiger partial charge in [0.05, 0.1) is 0 Å². The van der Waals surface area contributed by atoms with E-state index in [0.29, 0.717) is 5.92 Å². The molecule has 1 N–H and O–H groups in total. The van der Waals surface area contributed by atoms with Gasteiger partial charge in [0.1, 0.15) is 0 Å². The highest BCUT2D eigenvalue weighted by Crippen LogP contribution is 2.14. The van der Waals surface area contributed by atoms with Gasteiger partial charge in [0.15, 0.2) is 0 Å². The second-order valence-electron chi connectivity index (χ2n) is 3.24. The minimum Gasteiger partial charge on any atom is -0.326 e. The summed E-state index contributed by atoms with van der Waals surface area (Å²) in [7, 11) is 0. The van der Waals surface area contributed by atoms with Crippen LogP contribution in [0.1, 0.15) is 37.4 Å². The van der Waals surface area contributed by atoms with Crippen molar-refractivity contribution in [1.29, 1.82) is 0 Å². The molecule has 0 saturated heterocycles. The number of hydrogen-bond donors (Lipinski definition) is 1. The van der Waals surface area contributed by atoms with E-state index < -0.39 is 0 Å². The number of aromatic nitrogens is 1. The van der Waals surface area contributed by atoms with Crippen LogP contribution in [0.3, 0.4) is 0 Å². The van der Waals surface area contributed by atoms with Gasteiger partial charge in [0.2, 0.25) is 0 Å². The highest BCUT2D eigenvalue weighted by Gasteiger charge is 2.03. The summed E-state index contributed by atoms with van der Waals surface area (Å²) >= 11 is 0. The Labute approximate surface area is 72.6 Å². The number of rotatable bonds is 2. The lowest BCUT2D eigenvalue weighted by Crippen LogP contribution is -2.12. The molecule has 1 atom stereocenters. The summed E-state index contributed by atoms with van der Waals surface area (Å²) in [5.74, 6) is 0.443. The topological polar surface area (TPSA) is 32.9 Å². The molecule has 0 fully saturated rings. The predicted molar refractivity (Wildman–Crippen MR) is 50.5 cm³/mol. The van der Waals surface area contributed by atoms with Gasteiger partial charge in [-0.2, -0.15) is 0 Å². The Hall–Kier alpha value is -1.05. The number of H-pyrrole nitrogens is 1. The molecule has 1 unspecified atom stereocenters. The summed E-state index contributed by atoms with van der Waals surface area (Å²) in [5.41, 5.74) is 1.85. The summed E-state index contributed by atoms with van der Waals surface area (Å²) in [5, 5.41) is 0. The van der Waals surface area contributed by atoms with E-state index in [4.69, 9.17) is 0 Å². The Bertz CT molecular complexity index is 314. The Morgan fingerprint density at radius 1 is 1.50 bits per heavy atom. The Balaban J connectivity index is 3.05.